The van der Waals surface area contributed by atoms with Crippen molar-refractivity contribution < 1.29 is 4.79 Å². The Bertz CT molecular complexity index is 291. The van der Waals surface area contributed by atoms with Crippen LogP contribution in [0.5, 0.6) is 0 Å². The van der Waals surface area contributed by atoms with Crippen molar-refractivity contribution in [2.24, 2.45) is 0 Å². The Morgan fingerprint density at radius 3 is 2.86 bits per heavy atom. The Morgan fingerprint density at radius 1 is 1.38 bits per heavy atom. The van der Waals surface area contributed by atoms with E-state index in [1.807, 2.05) is 11.8 Å². The van der Waals surface area contributed by atoms with Crippen LogP contribution in [0, 0.1) is 0 Å². The van der Waals surface area contributed by atoms with E-state index in [9.17, 15) is 4.79 Å². The van der Waals surface area contributed by atoms with Crippen molar-refractivity contribution >= 4 is 42.5 Å². The lowest BCUT2D eigenvalue weighted by atomic mass is 10.0. The molecule has 2 aliphatic heterocycles. The van der Waals surface area contributed by atoms with Gasteiger partial charge >= 0.3 is 0 Å². The standard InChI is InChI=1S/C14H27N3OS.2ClH/c1-2-17-7-4-3-5-13(17)10-16-14(18)9-12-11-19-8-6-15-12;;/h12-13,15H,2-11H2,1H3,(H,16,18);2*1H. The van der Waals surface area contributed by atoms with E-state index >= 15 is 0 Å². The maximum absolute atomic E-state index is 12.0. The highest BCUT2D eigenvalue weighted by atomic mass is 35.5. The van der Waals surface area contributed by atoms with E-state index in [0.29, 0.717) is 18.5 Å². The van der Waals surface area contributed by atoms with E-state index in [2.05, 4.69) is 22.5 Å². The van der Waals surface area contributed by atoms with Gasteiger partial charge in [-0.1, -0.05) is 13.3 Å². The van der Waals surface area contributed by atoms with Crippen LogP contribution in [0.2, 0.25) is 0 Å². The SMILES string of the molecule is CCN1CCCCC1CNC(=O)CC1CSCCN1.Cl.Cl. The molecule has 2 heterocycles. The highest BCUT2D eigenvalue weighted by Crippen LogP contribution is 2.16. The molecule has 126 valence electrons. The first-order valence-electron chi connectivity index (χ1n) is 7.61. The van der Waals surface area contributed by atoms with Crippen LogP contribution < -0.4 is 10.6 Å². The summed E-state index contributed by atoms with van der Waals surface area (Å²) in [4.78, 5) is 14.5. The molecule has 2 unspecified atom stereocenters. The van der Waals surface area contributed by atoms with Crippen molar-refractivity contribution in [3.63, 3.8) is 0 Å². The second-order valence-corrected chi connectivity index (χ2v) is 6.66. The van der Waals surface area contributed by atoms with E-state index in [0.717, 1.165) is 25.4 Å². The van der Waals surface area contributed by atoms with Gasteiger partial charge < -0.3 is 10.6 Å². The zero-order chi connectivity index (χ0) is 13.5. The second kappa shape index (κ2) is 11.8. The van der Waals surface area contributed by atoms with Gasteiger partial charge in [0.25, 0.3) is 0 Å². The molecule has 2 saturated heterocycles. The summed E-state index contributed by atoms with van der Waals surface area (Å²) in [5.74, 6) is 2.45. The lowest BCUT2D eigenvalue weighted by Crippen LogP contribution is -2.48. The monoisotopic (exact) mass is 357 g/mol. The fraction of sp³-hybridized carbons (Fsp3) is 0.929. The van der Waals surface area contributed by atoms with Gasteiger partial charge in [-0.05, 0) is 25.9 Å². The molecule has 21 heavy (non-hydrogen) atoms. The molecule has 0 aliphatic carbocycles. The molecule has 1 amide bonds. The Balaban J connectivity index is 0.00000200. The molecule has 0 aromatic carbocycles. The summed E-state index contributed by atoms with van der Waals surface area (Å²) >= 11 is 1.94. The molecule has 0 saturated carbocycles. The zero-order valence-corrected chi connectivity index (χ0v) is 15.3. The first-order valence-corrected chi connectivity index (χ1v) is 8.77. The van der Waals surface area contributed by atoms with Gasteiger partial charge in [0.2, 0.25) is 5.91 Å². The zero-order valence-electron chi connectivity index (χ0n) is 12.8. The predicted octanol–water partition coefficient (Wildman–Crippen LogP) is 1.92. The number of rotatable bonds is 5. The van der Waals surface area contributed by atoms with Crippen molar-refractivity contribution in [3.8, 4) is 0 Å². The van der Waals surface area contributed by atoms with E-state index < -0.39 is 0 Å². The summed E-state index contributed by atoms with van der Waals surface area (Å²) in [5.41, 5.74) is 0. The average molecular weight is 358 g/mol. The largest absolute Gasteiger partial charge is 0.354 e. The van der Waals surface area contributed by atoms with Crippen LogP contribution in [-0.4, -0.2) is 60.6 Å². The molecule has 0 radical (unpaired) electrons. The second-order valence-electron chi connectivity index (χ2n) is 5.51. The number of carbonyl (C=O) groups is 1. The van der Waals surface area contributed by atoms with Gasteiger partial charge in [0.15, 0.2) is 0 Å². The Morgan fingerprint density at radius 2 is 2.19 bits per heavy atom. The molecule has 0 aromatic rings. The number of likely N-dealkylation sites (tertiary alicyclic amines) is 1. The van der Waals surface area contributed by atoms with Crippen LogP contribution in [0.25, 0.3) is 0 Å². The van der Waals surface area contributed by atoms with Crippen molar-refractivity contribution in [2.45, 2.75) is 44.7 Å². The van der Waals surface area contributed by atoms with Crippen molar-refractivity contribution in [1.29, 1.82) is 0 Å². The van der Waals surface area contributed by atoms with E-state index in [-0.39, 0.29) is 30.7 Å². The minimum atomic E-state index is 0. The first kappa shape index (κ1) is 21.3. The predicted molar refractivity (Wildman–Crippen MR) is 96.1 cm³/mol. The molecular formula is C14H29Cl2N3OS. The number of nitrogens with one attached hydrogen (secondary N) is 2. The Hall–Kier alpha value is 0.320. The van der Waals surface area contributed by atoms with Gasteiger partial charge in [-0.15, -0.1) is 24.8 Å². The molecule has 0 bridgehead atoms. The van der Waals surface area contributed by atoms with Crippen molar-refractivity contribution in [3.05, 3.63) is 0 Å². The number of amides is 1. The van der Waals surface area contributed by atoms with Crippen LogP contribution in [0.15, 0.2) is 0 Å². The van der Waals surface area contributed by atoms with E-state index in [1.54, 1.807) is 0 Å². The van der Waals surface area contributed by atoms with Gasteiger partial charge in [-0.3, -0.25) is 9.69 Å². The molecule has 2 aliphatic rings. The molecule has 0 aromatic heterocycles. The quantitative estimate of drug-likeness (QED) is 0.788. The summed E-state index contributed by atoms with van der Waals surface area (Å²) < 4.78 is 0. The first-order chi connectivity index (χ1) is 9.29. The van der Waals surface area contributed by atoms with Gasteiger partial charge in [0, 0.05) is 43.1 Å². The summed E-state index contributed by atoms with van der Waals surface area (Å²) in [6, 6.07) is 0.920. The van der Waals surface area contributed by atoms with Crippen LogP contribution in [0.1, 0.15) is 32.6 Å². The van der Waals surface area contributed by atoms with Gasteiger partial charge in [-0.25, -0.2) is 0 Å². The number of piperidine rings is 1. The fourth-order valence-corrected chi connectivity index (χ4v) is 3.93. The summed E-state index contributed by atoms with van der Waals surface area (Å²) in [7, 11) is 0. The number of hydrogen-bond donors (Lipinski definition) is 2. The third-order valence-electron chi connectivity index (χ3n) is 4.12. The van der Waals surface area contributed by atoms with Gasteiger partial charge in [0.1, 0.15) is 0 Å². The van der Waals surface area contributed by atoms with Crippen LogP contribution in [-0.2, 0) is 4.79 Å². The van der Waals surface area contributed by atoms with Crippen molar-refractivity contribution in [1.82, 2.24) is 15.5 Å². The van der Waals surface area contributed by atoms with E-state index in [4.69, 9.17) is 0 Å². The minimum Gasteiger partial charge on any atom is -0.354 e. The smallest absolute Gasteiger partial charge is 0.221 e. The van der Waals surface area contributed by atoms with Crippen LogP contribution in [0.3, 0.4) is 0 Å². The maximum Gasteiger partial charge on any atom is 0.221 e. The lowest BCUT2D eigenvalue weighted by Gasteiger charge is -2.35. The van der Waals surface area contributed by atoms with Gasteiger partial charge in [0.05, 0.1) is 0 Å². The normalized spacial score (nSPS) is 26.3. The Labute approximate surface area is 145 Å². The third-order valence-corrected chi connectivity index (χ3v) is 5.25. The summed E-state index contributed by atoms with van der Waals surface area (Å²) in [6.45, 7) is 6.36. The topological polar surface area (TPSA) is 44.4 Å². The van der Waals surface area contributed by atoms with Crippen LogP contribution in [0.4, 0.5) is 0 Å². The number of halogens is 2. The summed E-state index contributed by atoms with van der Waals surface area (Å²) in [5, 5.41) is 6.55. The lowest BCUT2D eigenvalue weighted by molar-refractivity contribution is -0.121. The Kier molecular flexibility index (Phi) is 12.0. The third kappa shape index (κ3) is 7.42. The number of likely N-dealkylation sites (N-methyl/N-ethyl adjacent to an activating group) is 1. The number of nitrogens with zero attached hydrogens (tertiary/aromatic N) is 1. The highest BCUT2D eigenvalue weighted by Gasteiger charge is 2.22. The van der Waals surface area contributed by atoms with Gasteiger partial charge in [-0.2, -0.15) is 11.8 Å². The molecule has 7 heteroatoms. The molecule has 2 N–H and O–H groups in total. The number of thioether (sulfide) groups is 1. The molecule has 2 atom stereocenters. The number of carbonyl (C=O) groups excluding carboxylic acids is 1. The average Bonchev–Trinajstić information content (AvgIpc) is 2.46. The van der Waals surface area contributed by atoms with Crippen LogP contribution >= 0.6 is 36.6 Å². The molecular weight excluding hydrogens is 329 g/mol. The molecule has 4 nitrogen and oxygen atoms in total. The fourth-order valence-electron chi connectivity index (χ4n) is 2.99. The number of hydrogen-bond acceptors (Lipinski definition) is 4. The molecule has 2 fully saturated rings. The molecule has 2 rings (SSSR count). The maximum atomic E-state index is 12.0. The summed E-state index contributed by atoms with van der Waals surface area (Å²) in [6.07, 6.45) is 4.47. The minimum absolute atomic E-state index is 0. The highest BCUT2D eigenvalue weighted by molar-refractivity contribution is 7.99. The van der Waals surface area contributed by atoms with Crippen molar-refractivity contribution in [2.75, 3.05) is 37.7 Å². The van der Waals surface area contributed by atoms with E-state index in [1.165, 1.54) is 31.6 Å². The molecule has 0 spiro atoms.